The van der Waals surface area contributed by atoms with Crippen LogP contribution in [0.25, 0.3) is 0 Å². The van der Waals surface area contributed by atoms with Crippen LogP contribution in [-0.2, 0) is 14.3 Å². The van der Waals surface area contributed by atoms with Gasteiger partial charge in [-0.3, -0.25) is 4.79 Å². The van der Waals surface area contributed by atoms with Gasteiger partial charge in [0.1, 0.15) is 6.29 Å². The Hall–Kier alpha value is -1.75. The van der Waals surface area contributed by atoms with E-state index >= 15 is 0 Å². The van der Waals surface area contributed by atoms with E-state index in [0.29, 0.717) is 19.4 Å². The third-order valence-electron chi connectivity index (χ3n) is 8.05. The Morgan fingerprint density at radius 2 is 1.97 bits per heavy atom. The lowest BCUT2D eigenvalue weighted by Gasteiger charge is -2.53. The van der Waals surface area contributed by atoms with Gasteiger partial charge in [0.2, 0.25) is 0 Å². The first-order chi connectivity index (χ1) is 16.1. The predicted octanol–water partition coefficient (Wildman–Crippen LogP) is 6.77. The maximum atomic E-state index is 11.7. The number of aldehydes is 1. The molecule has 0 amide bonds. The molecule has 3 aliphatic rings. The topological polar surface area (TPSA) is 55.8 Å². The Morgan fingerprint density at radius 1 is 1.21 bits per heavy atom. The van der Waals surface area contributed by atoms with E-state index in [-0.39, 0.29) is 12.0 Å². The van der Waals surface area contributed by atoms with Crippen LogP contribution in [0, 0.1) is 11.3 Å². The summed E-state index contributed by atoms with van der Waals surface area (Å²) in [6.45, 7) is 13.0. The molecule has 2 aliphatic heterocycles. The van der Waals surface area contributed by atoms with E-state index in [1.54, 1.807) is 0 Å². The second kappa shape index (κ2) is 11.3. The summed E-state index contributed by atoms with van der Waals surface area (Å²) in [5.41, 5.74) is 4.42. The summed E-state index contributed by atoms with van der Waals surface area (Å²) in [5.74, 6) is 0.106. The summed E-state index contributed by atoms with van der Waals surface area (Å²) >= 11 is 0. The van der Waals surface area contributed by atoms with E-state index in [4.69, 9.17) is 9.47 Å². The standard InChI is InChI=1S/C30H44O4/c1-21(2)10-7-11-22(3)12-8-13-23(4)18-25-19-30-27(14-9-17-33-28(30)34-25)26(24(5)20-31)15-16-29(30,6)32/h8,10,12-13,18,20,25,27-28,32H,7,9,11,14-17,19H2,1-6H3/b13-8+,22-12+,23-18+,26-24-/t25-,27-,28-,29+,30+/m1/s1. The summed E-state index contributed by atoms with van der Waals surface area (Å²) in [5, 5.41) is 11.7. The van der Waals surface area contributed by atoms with Crippen molar-refractivity contribution in [3.8, 4) is 0 Å². The number of rotatable bonds is 7. The molecule has 0 aromatic carbocycles. The van der Waals surface area contributed by atoms with Crippen LogP contribution in [0.3, 0.4) is 0 Å². The lowest BCUT2D eigenvalue weighted by Crippen LogP contribution is -2.58. The van der Waals surface area contributed by atoms with Gasteiger partial charge in [-0.2, -0.15) is 0 Å². The SMILES string of the molecule is CC(C)=CCC/C(C)=C/C=C/C(C)=C/[C@@H]1C[C@@]23[C@H](OCCC[C@@H]2/C(=C(/C)C=O)CC[C@]3(C)O)O1. The number of ether oxygens (including phenoxy) is 2. The highest BCUT2D eigenvalue weighted by Crippen LogP contribution is 2.62. The summed E-state index contributed by atoms with van der Waals surface area (Å²) in [6, 6.07) is 0. The van der Waals surface area contributed by atoms with E-state index in [2.05, 4.69) is 58.1 Å². The van der Waals surface area contributed by atoms with Gasteiger partial charge in [-0.05, 0) is 98.0 Å². The number of carbonyl (C=O) groups is 1. The monoisotopic (exact) mass is 468 g/mol. The van der Waals surface area contributed by atoms with Crippen LogP contribution >= 0.6 is 0 Å². The highest BCUT2D eigenvalue weighted by atomic mass is 16.7. The van der Waals surface area contributed by atoms with Gasteiger partial charge in [0, 0.05) is 6.61 Å². The number of hydrogen-bond donors (Lipinski definition) is 1. The van der Waals surface area contributed by atoms with Gasteiger partial charge in [0.05, 0.1) is 17.1 Å². The second-order valence-electron chi connectivity index (χ2n) is 11.0. The molecule has 5 atom stereocenters. The highest BCUT2D eigenvalue weighted by Gasteiger charge is 2.65. The van der Waals surface area contributed by atoms with Crippen LogP contribution in [0.2, 0.25) is 0 Å². The Bertz CT molecular complexity index is 897. The van der Waals surface area contributed by atoms with Crippen LogP contribution in [-0.4, -0.2) is 36.0 Å². The first-order valence-electron chi connectivity index (χ1n) is 12.9. The van der Waals surface area contributed by atoms with Crippen LogP contribution < -0.4 is 0 Å². The quantitative estimate of drug-likeness (QED) is 0.194. The molecule has 1 N–H and O–H groups in total. The van der Waals surface area contributed by atoms with Gasteiger partial charge in [0.15, 0.2) is 6.29 Å². The zero-order chi connectivity index (χ0) is 24.9. The van der Waals surface area contributed by atoms with Crippen molar-refractivity contribution in [3.05, 3.63) is 58.2 Å². The molecular formula is C30H44O4. The van der Waals surface area contributed by atoms with Gasteiger partial charge in [0.25, 0.3) is 0 Å². The predicted molar refractivity (Wildman–Crippen MR) is 138 cm³/mol. The van der Waals surface area contributed by atoms with E-state index in [1.165, 1.54) is 16.7 Å². The summed E-state index contributed by atoms with van der Waals surface area (Å²) in [7, 11) is 0. The number of aliphatic hydroxyl groups is 1. The molecule has 0 bridgehead atoms. The third-order valence-corrected chi connectivity index (χ3v) is 8.05. The lowest BCUT2D eigenvalue weighted by molar-refractivity contribution is -0.230. The molecule has 0 unspecified atom stereocenters. The molecule has 3 fully saturated rings. The van der Waals surface area contributed by atoms with E-state index in [0.717, 1.165) is 49.5 Å². The average molecular weight is 469 g/mol. The molecule has 1 saturated carbocycles. The van der Waals surface area contributed by atoms with E-state index < -0.39 is 17.3 Å². The molecule has 0 radical (unpaired) electrons. The zero-order valence-electron chi connectivity index (χ0n) is 22.0. The van der Waals surface area contributed by atoms with Crippen LogP contribution in [0.15, 0.2) is 58.2 Å². The molecule has 188 valence electrons. The Labute approximate surface area is 206 Å². The average Bonchev–Trinajstić information content (AvgIpc) is 3.02. The fourth-order valence-electron chi connectivity index (χ4n) is 6.14. The van der Waals surface area contributed by atoms with Crippen LogP contribution in [0.1, 0.15) is 86.5 Å². The highest BCUT2D eigenvalue weighted by molar-refractivity contribution is 5.74. The Morgan fingerprint density at radius 3 is 2.68 bits per heavy atom. The van der Waals surface area contributed by atoms with Crippen molar-refractivity contribution in [1.82, 2.24) is 0 Å². The second-order valence-corrected chi connectivity index (χ2v) is 11.0. The largest absolute Gasteiger partial charge is 0.389 e. The Kier molecular flexibility index (Phi) is 8.94. The Balaban J connectivity index is 1.80. The molecule has 4 nitrogen and oxygen atoms in total. The fourth-order valence-corrected chi connectivity index (χ4v) is 6.14. The summed E-state index contributed by atoms with van der Waals surface area (Å²) in [6.07, 6.45) is 17.3. The minimum Gasteiger partial charge on any atom is -0.389 e. The van der Waals surface area contributed by atoms with Crippen LogP contribution in [0.5, 0.6) is 0 Å². The molecule has 0 aromatic rings. The molecule has 2 heterocycles. The normalized spacial score (nSPS) is 36.0. The zero-order valence-corrected chi connectivity index (χ0v) is 22.0. The van der Waals surface area contributed by atoms with Crippen LogP contribution in [0.4, 0.5) is 0 Å². The van der Waals surface area contributed by atoms with Gasteiger partial charge in [-0.15, -0.1) is 0 Å². The van der Waals surface area contributed by atoms with Gasteiger partial charge < -0.3 is 14.6 Å². The smallest absolute Gasteiger partial charge is 0.167 e. The molecule has 2 saturated heterocycles. The van der Waals surface area contributed by atoms with E-state index in [1.807, 2.05) is 13.8 Å². The van der Waals surface area contributed by atoms with Crippen molar-refractivity contribution < 1.29 is 19.4 Å². The third kappa shape index (κ3) is 5.72. The molecular weight excluding hydrogens is 424 g/mol. The van der Waals surface area contributed by atoms with Crippen molar-refractivity contribution in [2.24, 2.45) is 11.3 Å². The number of carbonyl (C=O) groups excluding carboxylic acids is 1. The maximum absolute atomic E-state index is 11.7. The number of allylic oxidation sites excluding steroid dienone is 9. The summed E-state index contributed by atoms with van der Waals surface area (Å²) < 4.78 is 12.7. The maximum Gasteiger partial charge on any atom is 0.167 e. The minimum absolute atomic E-state index is 0.106. The molecule has 3 rings (SSSR count). The molecule has 34 heavy (non-hydrogen) atoms. The van der Waals surface area contributed by atoms with Gasteiger partial charge >= 0.3 is 0 Å². The van der Waals surface area contributed by atoms with Crippen molar-refractivity contribution in [3.63, 3.8) is 0 Å². The molecule has 4 heteroatoms. The van der Waals surface area contributed by atoms with Crippen molar-refractivity contribution in [2.75, 3.05) is 6.61 Å². The van der Waals surface area contributed by atoms with Gasteiger partial charge in [-0.1, -0.05) is 52.7 Å². The fraction of sp³-hybridized carbons (Fsp3) is 0.633. The molecule has 1 aliphatic carbocycles. The first kappa shape index (κ1) is 26.8. The lowest BCUT2D eigenvalue weighted by atomic mass is 9.53. The van der Waals surface area contributed by atoms with E-state index in [9.17, 15) is 9.90 Å². The summed E-state index contributed by atoms with van der Waals surface area (Å²) in [4.78, 5) is 11.7. The van der Waals surface area contributed by atoms with Crippen molar-refractivity contribution in [1.29, 1.82) is 0 Å². The van der Waals surface area contributed by atoms with Gasteiger partial charge in [-0.25, -0.2) is 0 Å². The molecule has 0 aromatic heterocycles. The van der Waals surface area contributed by atoms with Crippen molar-refractivity contribution in [2.45, 2.75) is 104 Å². The van der Waals surface area contributed by atoms with Crippen molar-refractivity contribution >= 4 is 6.29 Å². The first-order valence-corrected chi connectivity index (χ1v) is 12.9. The number of hydrogen-bond acceptors (Lipinski definition) is 4. The molecule has 1 spiro atoms. The minimum atomic E-state index is -0.906.